The first-order valence-electron chi connectivity index (χ1n) is 5.21. The molecule has 0 aliphatic rings. The molecule has 0 unspecified atom stereocenters. The molecule has 0 aliphatic carbocycles. The number of carboxylic acids is 1. The van der Waals surface area contributed by atoms with Gasteiger partial charge in [0.05, 0.1) is 12.7 Å². The van der Waals surface area contributed by atoms with Gasteiger partial charge in [-0.05, 0) is 18.2 Å². The highest BCUT2D eigenvalue weighted by atomic mass is 16.5. The lowest BCUT2D eigenvalue weighted by atomic mass is 10.3. The smallest absolute Gasteiger partial charge is 0.337 e. The molecule has 0 atom stereocenters. The number of hydrogen-bond donors (Lipinski definition) is 1. The molecule has 0 spiro atoms. The number of methoxy groups -OCH3 is 1. The highest BCUT2D eigenvalue weighted by molar-refractivity contribution is 5.87. The van der Waals surface area contributed by atoms with Crippen LogP contribution in [0.2, 0.25) is 0 Å². The van der Waals surface area contributed by atoms with Crippen LogP contribution in [0, 0.1) is 0 Å². The third-order valence-electron chi connectivity index (χ3n) is 2.27. The Kier molecular flexibility index (Phi) is 3.43. The molecule has 1 N–H and O–H groups in total. The van der Waals surface area contributed by atoms with Crippen molar-refractivity contribution >= 4 is 5.97 Å². The Labute approximate surface area is 104 Å². The molecule has 2 rings (SSSR count). The normalized spacial score (nSPS) is 9.83. The van der Waals surface area contributed by atoms with E-state index in [0.717, 1.165) is 0 Å². The topological polar surface area (TPSA) is 68.7 Å². The van der Waals surface area contributed by atoms with Gasteiger partial charge in [-0.3, -0.25) is 0 Å². The summed E-state index contributed by atoms with van der Waals surface area (Å²) < 4.78 is 10.6. The molecule has 5 heteroatoms. The lowest BCUT2D eigenvalue weighted by Crippen LogP contribution is -1.97. The molecule has 0 saturated carbocycles. The number of ether oxygens (including phenoxy) is 2. The number of rotatable bonds is 4. The van der Waals surface area contributed by atoms with Crippen LogP contribution in [0.4, 0.5) is 0 Å². The van der Waals surface area contributed by atoms with Crippen molar-refractivity contribution in [3.05, 3.63) is 48.2 Å². The largest absolute Gasteiger partial charge is 0.493 e. The van der Waals surface area contributed by atoms with Gasteiger partial charge in [-0.25, -0.2) is 9.78 Å². The van der Waals surface area contributed by atoms with Crippen LogP contribution in [0.1, 0.15) is 10.4 Å². The predicted molar refractivity (Wildman–Crippen MR) is 64.3 cm³/mol. The van der Waals surface area contributed by atoms with E-state index >= 15 is 0 Å². The molecule has 1 aromatic heterocycles. The number of aromatic carboxylic acids is 1. The molecule has 18 heavy (non-hydrogen) atoms. The van der Waals surface area contributed by atoms with Crippen molar-refractivity contribution in [3.8, 4) is 17.4 Å². The Bertz CT molecular complexity index is 551. The van der Waals surface area contributed by atoms with E-state index in [-0.39, 0.29) is 5.56 Å². The lowest BCUT2D eigenvalue weighted by molar-refractivity contribution is 0.0696. The van der Waals surface area contributed by atoms with Gasteiger partial charge >= 0.3 is 5.97 Å². The molecule has 2 aromatic rings. The monoisotopic (exact) mass is 245 g/mol. The lowest BCUT2D eigenvalue weighted by Gasteiger charge is -2.08. The summed E-state index contributed by atoms with van der Waals surface area (Å²) >= 11 is 0. The Hall–Kier alpha value is -2.56. The average Bonchev–Trinajstić information content (AvgIpc) is 2.40. The van der Waals surface area contributed by atoms with E-state index in [0.29, 0.717) is 17.4 Å². The number of pyridine rings is 1. The second-order valence-electron chi connectivity index (χ2n) is 3.44. The molecular weight excluding hydrogens is 234 g/mol. The van der Waals surface area contributed by atoms with Crippen molar-refractivity contribution in [2.75, 3.05) is 7.11 Å². The van der Waals surface area contributed by atoms with Crippen molar-refractivity contribution in [2.24, 2.45) is 0 Å². The molecule has 0 saturated heterocycles. The molecular formula is C13H11NO4. The number of nitrogens with zero attached hydrogens (tertiary/aromatic N) is 1. The fraction of sp³-hybridized carbons (Fsp3) is 0.0769. The van der Waals surface area contributed by atoms with Gasteiger partial charge in [0.2, 0.25) is 5.88 Å². The summed E-state index contributed by atoms with van der Waals surface area (Å²) in [5.41, 5.74) is 0.113. The summed E-state index contributed by atoms with van der Waals surface area (Å²) in [5, 5.41) is 8.75. The van der Waals surface area contributed by atoms with Crippen molar-refractivity contribution < 1.29 is 19.4 Å². The first-order chi connectivity index (χ1) is 8.70. The number of benzene rings is 1. The summed E-state index contributed by atoms with van der Waals surface area (Å²) in [5.74, 6) is 0.396. The first kappa shape index (κ1) is 11.9. The fourth-order valence-electron chi connectivity index (χ4n) is 1.38. The van der Waals surface area contributed by atoms with Crippen molar-refractivity contribution in [1.82, 2.24) is 4.98 Å². The van der Waals surface area contributed by atoms with E-state index in [4.69, 9.17) is 14.6 Å². The van der Waals surface area contributed by atoms with Crippen molar-refractivity contribution in [1.29, 1.82) is 0 Å². The van der Waals surface area contributed by atoms with Crippen LogP contribution in [0.5, 0.6) is 17.4 Å². The Morgan fingerprint density at radius 1 is 1.17 bits per heavy atom. The average molecular weight is 245 g/mol. The van der Waals surface area contributed by atoms with E-state index in [1.807, 2.05) is 12.1 Å². The zero-order chi connectivity index (χ0) is 13.0. The summed E-state index contributed by atoms with van der Waals surface area (Å²) in [6.07, 6.45) is 1.24. The minimum Gasteiger partial charge on any atom is -0.493 e. The van der Waals surface area contributed by atoms with Gasteiger partial charge in [-0.15, -0.1) is 0 Å². The van der Waals surface area contributed by atoms with E-state index in [9.17, 15) is 4.79 Å². The summed E-state index contributed by atoms with van der Waals surface area (Å²) in [6.45, 7) is 0. The van der Waals surface area contributed by atoms with E-state index in [2.05, 4.69) is 4.98 Å². The van der Waals surface area contributed by atoms with E-state index in [1.54, 1.807) is 19.2 Å². The van der Waals surface area contributed by atoms with Crippen molar-refractivity contribution in [2.45, 2.75) is 0 Å². The van der Waals surface area contributed by atoms with Gasteiger partial charge in [0.1, 0.15) is 0 Å². The van der Waals surface area contributed by atoms with Gasteiger partial charge < -0.3 is 14.6 Å². The quantitative estimate of drug-likeness (QED) is 0.896. The molecule has 0 radical (unpaired) electrons. The number of para-hydroxylation sites is 2. The fourth-order valence-corrected chi connectivity index (χ4v) is 1.38. The Morgan fingerprint density at radius 3 is 2.44 bits per heavy atom. The summed E-state index contributed by atoms with van der Waals surface area (Å²) in [7, 11) is 1.54. The molecule has 0 amide bonds. The van der Waals surface area contributed by atoms with Gasteiger partial charge in [0, 0.05) is 12.3 Å². The minimum atomic E-state index is -1.02. The number of carbonyl (C=O) groups is 1. The second-order valence-corrected chi connectivity index (χ2v) is 3.44. The van der Waals surface area contributed by atoms with Crippen LogP contribution in [0.25, 0.3) is 0 Å². The highest BCUT2D eigenvalue weighted by Gasteiger charge is 2.07. The van der Waals surface area contributed by atoms with Crippen LogP contribution in [0.15, 0.2) is 42.6 Å². The second kappa shape index (κ2) is 5.18. The van der Waals surface area contributed by atoms with Crippen LogP contribution >= 0.6 is 0 Å². The number of hydrogen-bond acceptors (Lipinski definition) is 4. The highest BCUT2D eigenvalue weighted by Crippen LogP contribution is 2.29. The zero-order valence-electron chi connectivity index (χ0n) is 9.66. The molecule has 92 valence electrons. The van der Waals surface area contributed by atoms with Crippen LogP contribution in [-0.2, 0) is 0 Å². The van der Waals surface area contributed by atoms with Crippen LogP contribution in [-0.4, -0.2) is 23.2 Å². The summed E-state index contributed by atoms with van der Waals surface area (Å²) in [4.78, 5) is 14.6. The van der Waals surface area contributed by atoms with Gasteiger partial charge in [-0.1, -0.05) is 12.1 Å². The van der Waals surface area contributed by atoms with Gasteiger partial charge in [0.25, 0.3) is 0 Å². The maximum absolute atomic E-state index is 10.7. The van der Waals surface area contributed by atoms with Crippen molar-refractivity contribution in [3.63, 3.8) is 0 Å². The first-order valence-corrected chi connectivity index (χ1v) is 5.21. The molecule has 0 fully saturated rings. The SMILES string of the molecule is COc1ccccc1Oc1ccc(C(=O)O)cn1. The molecule has 1 aromatic carbocycles. The molecule has 0 bridgehead atoms. The molecule has 1 heterocycles. The predicted octanol–water partition coefficient (Wildman–Crippen LogP) is 2.58. The van der Waals surface area contributed by atoms with Gasteiger partial charge in [0.15, 0.2) is 11.5 Å². The van der Waals surface area contributed by atoms with E-state index in [1.165, 1.54) is 18.3 Å². The minimum absolute atomic E-state index is 0.113. The van der Waals surface area contributed by atoms with Crippen LogP contribution in [0.3, 0.4) is 0 Å². The standard InChI is InChI=1S/C13H11NO4/c1-17-10-4-2-3-5-11(10)18-12-7-6-9(8-14-12)13(15)16/h2-8H,1H3,(H,15,16). The third-order valence-corrected chi connectivity index (χ3v) is 2.27. The maximum Gasteiger partial charge on any atom is 0.337 e. The Morgan fingerprint density at radius 2 is 1.89 bits per heavy atom. The molecule has 0 aliphatic heterocycles. The summed E-state index contributed by atoms with van der Waals surface area (Å²) in [6, 6.07) is 10.1. The third kappa shape index (κ3) is 2.57. The maximum atomic E-state index is 10.7. The van der Waals surface area contributed by atoms with E-state index < -0.39 is 5.97 Å². The molecule has 5 nitrogen and oxygen atoms in total. The van der Waals surface area contributed by atoms with Crippen LogP contribution < -0.4 is 9.47 Å². The van der Waals surface area contributed by atoms with Gasteiger partial charge in [-0.2, -0.15) is 0 Å². The zero-order valence-corrected chi connectivity index (χ0v) is 9.66. The Balaban J connectivity index is 2.21. The number of carboxylic acid groups (broad SMARTS) is 1. The number of aromatic nitrogens is 1.